The third-order valence-corrected chi connectivity index (χ3v) is 2.18. The molecule has 0 bridgehead atoms. The van der Waals surface area contributed by atoms with Crippen LogP contribution in [0.5, 0.6) is 0 Å². The molecule has 0 amide bonds. The zero-order valence-corrected chi connectivity index (χ0v) is 9.46. The lowest BCUT2D eigenvalue weighted by Crippen LogP contribution is -2.40. The van der Waals surface area contributed by atoms with Gasteiger partial charge in [-0.1, -0.05) is 6.92 Å². The molecule has 0 aromatic heterocycles. The summed E-state index contributed by atoms with van der Waals surface area (Å²) in [6.45, 7) is 6.08. The van der Waals surface area contributed by atoms with E-state index in [-0.39, 0.29) is 6.61 Å². The van der Waals surface area contributed by atoms with Crippen LogP contribution in [-0.4, -0.2) is 34.8 Å². The van der Waals surface area contributed by atoms with Crippen molar-refractivity contribution in [2.75, 3.05) is 6.61 Å². The number of ketones is 1. The maximum Gasteiger partial charge on any atom is 0.359 e. The summed E-state index contributed by atoms with van der Waals surface area (Å²) in [7, 11) is 0. The Balaban J connectivity index is 4.60. The van der Waals surface area contributed by atoms with Crippen LogP contribution < -0.4 is 0 Å². The Morgan fingerprint density at radius 3 is 2.27 bits per heavy atom. The summed E-state index contributed by atoms with van der Waals surface area (Å²) in [5, 5.41) is 16.8. The van der Waals surface area contributed by atoms with Crippen molar-refractivity contribution in [3.8, 4) is 0 Å². The molecule has 0 aliphatic heterocycles. The Kier molecular flexibility index (Phi) is 4.61. The number of ether oxygens (including phenoxy) is 1. The van der Waals surface area contributed by atoms with Gasteiger partial charge in [0.1, 0.15) is 0 Å². The number of aliphatic hydroxyl groups is 1. The minimum Gasteiger partial charge on any atom is -0.461 e. The number of hydrogen-bond acceptors (Lipinski definition) is 5. The molecular weight excluding hydrogens is 198 g/mol. The quantitative estimate of drug-likeness (QED) is 0.398. The van der Waals surface area contributed by atoms with Crippen LogP contribution >= 0.6 is 0 Å². The van der Waals surface area contributed by atoms with Gasteiger partial charge < -0.3 is 9.84 Å². The largest absolute Gasteiger partial charge is 0.461 e. The molecule has 2 N–H and O–H groups in total. The Labute approximate surface area is 88.9 Å². The molecule has 15 heavy (non-hydrogen) atoms. The van der Waals surface area contributed by atoms with Gasteiger partial charge in [-0.2, -0.15) is 0 Å². The molecule has 86 valence electrons. The lowest BCUT2D eigenvalue weighted by molar-refractivity contribution is -0.136. The van der Waals surface area contributed by atoms with Crippen molar-refractivity contribution in [1.29, 1.82) is 5.41 Å². The molecule has 0 aromatic rings. The highest BCUT2D eigenvalue weighted by molar-refractivity contribution is 6.63. The average Bonchev–Trinajstić information content (AvgIpc) is 2.13. The molecule has 0 rings (SSSR count). The van der Waals surface area contributed by atoms with E-state index in [0.29, 0.717) is 0 Å². The van der Waals surface area contributed by atoms with Gasteiger partial charge in [-0.3, -0.25) is 10.2 Å². The molecule has 0 aliphatic carbocycles. The number of carbonyl (C=O) groups excluding carboxylic acids is 2. The molecular formula is C10H17NO4. The number of Topliss-reactive ketones (excluding diaryl/α,β-unsaturated/α-hetero) is 1. The standard InChI is InChI=1S/C10H17NO4/c1-5-15-9(13)7(11)8(12)6(2)10(3,4)14/h6,11,14H,5H2,1-4H3. The summed E-state index contributed by atoms with van der Waals surface area (Å²) < 4.78 is 4.52. The van der Waals surface area contributed by atoms with Crippen molar-refractivity contribution < 1.29 is 19.4 Å². The van der Waals surface area contributed by atoms with Gasteiger partial charge in [0.25, 0.3) is 0 Å². The van der Waals surface area contributed by atoms with Crippen molar-refractivity contribution >= 4 is 17.5 Å². The lowest BCUT2D eigenvalue weighted by atomic mass is 9.87. The molecule has 0 radical (unpaired) electrons. The predicted molar refractivity (Wildman–Crippen MR) is 54.8 cm³/mol. The Morgan fingerprint density at radius 2 is 1.93 bits per heavy atom. The van der Waals surface area contributed by atoms with Gasteiger partial charge in [-0.15, -0.1) is 0 Å². The van der Waals surface area contributed by atoms with Gasteiger partial charge in [0.2, 0.25) is 0 Å². The van der Waals surface area contributed by atoms with Gasteiger partial charge in [0.15, 0.2) is 11.5 Å². The van der Waals surface area contributed by atoms with E-state index < -0.39 is 29.0 Å². The zero-order chi connectivity index (χ0) is 12.2. The van der Waals surface area contributed by atoms with E-state index in [0.717, 1.165) is 0 Å². The van der Waals surface area contributed by atoms with Gasteiger partial charge in [-0.05, 0) is 20.8 Å². The summed E-state index contributed by atoms with van der Waals surface area (Å²) in [5.74, 6) is -2.46. The summed E-state index contributed by atoms with van der Waals surface area (Å²) in [6.07, 6.45) is 0. The Morgan fingerprint density at radius 1 is 1.47 bits per heavy atom. The van der Waals surface area contributed by atoms with Crippen LogP contribution in [0.15, 0.2) is 0 Å². The number of hydrogen-bond donors (Lipinski definition) is 2. The van der Waals surface area contributed by atoms with Gasteiger partial charge in [0.05, 0.1) is 12.2 Å². The summed E-state index contributed by atoms with van der Waals surface area (Å²) in [5.41, 5.74) is -1.97. The smallest absolute Gasteiger partial charge is 0.359 e. The summed E-state index contributed by atoms with van der Waals surface area (Å²) >= 11 is 0. The van der Waals surface area contributed by atoms with E-state index in [1.165, 1.54) is 20.8 Å². The second-order valence-electron chi connectivity index (χ2n) is 3.84. The van der Waals surface area contributed by atoms with E-state index in [1.807, 2.05) is 0 Å². The molecule has 0 saturated carbocycles. The first-order valence-electron chi connectivity index (χ1n) is 4.74. The maximum absolute atomic E-state index is 11.5. The van der Waals surface area contributed by atoms with Crippen LogP contribution in [0.25, 0.3) is 0 Å². The van der Waals surface area contributed by atoms with E-state index >= 15 is 0 Å². The molecule has 0 spiro atoms. The number of carbonyl (C=O) groups is 2. The van der Waals surface area contributed by atoms with Crippen LogP contribution in [0.3, 0.4) is 0 Å². The van der Waals surface area contributed by atoms with Gasteiger partial charge in [-0.25, -0.2) is 4.79 Å². The van der Waals surface area contributed by atoms with Crippen molar-refractivity contribution in [3.05, 3.63) is 0 Å². The molecule has 0 fully saturated rings. The average molecular weight is 215 g/mol. The van der Waals surface area contributed by atoms with Crippen molar-refractivity contribution in [3.63, 3.8) is 0 Å². The second kappa shape index (κ2) is 5.02. The fourth-order valence-corrected chi connectivity index (χ4v) is 0.841. The second-order valence-corrected chi connectivity index (χ2v) is 3.84. The fraction of sp³-hybridized carbons (Fsp3) is 0.700. The molecule has 0 heterocycles. The first-order valence-corrected chi connectivity index (χ1v) is 4.74. The van der Waals surface area contributed by atoms with E-state index in [9.17, 15) is 14.7 Å². The van der Waals surface area contributed by atoms with Crippen LogP contribution in [0.1, 0.15) is 27.7 Å². The number of nitrogens with one attached hydrogen (secondary N) is 1. The minimum atomic E-state index is -1.25. The highest BCUT2D eigenvalue weighted by atomic mass is 16.5. The topological polar surface area (TPSA) is 87.5 Å². The molecule has 1 unspecified atom stereocenters. The molecule has 5 heteroatoms. The zero-order valence-electron chi connectivity index (χ0n) is 9.46. The summed E-state index contributed by atoms with van der Waals surface area (Å²) in [4.78, 5) is 22.6. The summed E-state index contributed by atoms with van der Waals surface area (Å²) in [6, 6.07) is 0. The molecule has 0 aromatic carbocycles. The van der Waals surface area contributed by atoms with Crippen LogP contribution in [-0.2, 0) is 14.3 Å². The molecule has 0 saturated heterocycles. The number of rotatable bonds is 5. The van der Waals surface area contributed by atoms with E-state index in [2.05, 4.69) is 4.74 Å². The predicted octanol–water partition coefficient (Wildman–Crippen LogP) is 0.545. The van der Waals surface area contributed by atoms with Crippen molar-refractivity contribution in [2.45, 2.75) is 33.3 Å². The lowest BCUT2D eigenvalue weighted by Gasteiger charge is -2.24. The molecule has 0 aliphatic rings. The first-order chi connectivity index (χ1) is 6.71. The Hall–Kier alpha value is -1.23. The Bertz CT molecular complexity index is 278. The van der Waals surface area contributed by atoms with E-state index in [1.54, 1.807) is 6.92 Å². The fourth-order valence-electron chi connectivity index (χ4n) is 0.841. The van der Waals surface area contributed by atoms with Crippen LogP contribution in [0, 0.1) is 11.3 Å². The van der Waals surface area contributed by atoms with Gasteiger partial charge >= 0.3 is 5.97 Å². The van der Waals surface area contributed by atoms with Gasteiger partial charge in [0, 0.05) is 5.92 Å². The monoisotopic (exact) mass is 215 g/mol. The SMILES string of the molecule is CCOC(=O)C(=N)C(=O)C(C)C(C)(C)O. The third kappa shape index (κ3) is 3.79. The molecule has 5 nitrogen and oxygen atoms in total. The third-order valence-electron chi connectivity index (χ3n) is 2.18. The normalized spacial score (nSPS) is 13.1. The van der Waals surface area contributed by atoms with Crippen LogP contribution in [0.4, 0.5) is 0 Å². The van der Waals surface area contributed by atoms with Crippen LogP contribution in [0.2, 0.25) is 0 Å². The highest BCUT2D eigenvalue weighted by Crippen LogP contribution is 2.17. The van der Waals surface area contributed by atoms with Crippen molar-refractivity contribution in [1.82, 2.24) is 0 Å². The minimum absolute atomic E-state index is 0.116. The van der Waals surface area contributed by atoms with E-state index in [4.69, 9.17) is 5.41 Å². The maximum atomic E-state index is 11.5. The molecule has 1 atom stereocenters. The van der Waals surface area contributed by atoms with Crippen molar-refractivity contribution in [2.24, 2.45) is 5.92 Å². The first kappa shape index (κ1) is 13.8. The highest BCUT2D eigenvalue weighted by Gasteiger charge is 2.33. The number of esters is 1.